The minimum absolute atomic E-state index is 0.152. The summed E-state index contributed by atoms with van der Waals surface area (Å²) in [6, 6.07) is 13.6. The fourth-order valence-corrected chi connectivity index (χ4v) is 3.40. The molecule has 1 spiro atoms. The van der Waals surface area contributed by atoms with Gasteiger partial charge in [0.25, 0.3) is 0 Å². The summed E-state index contributed by atoms with van der Waals surface area (Å²) in [7, 11) is 1.27. The highest BCUT2D eigenvalue weighted by Gasteiger charge is 2.55. The molecule has 2 aromatic carbocycles. The molecule has 0 aromatic heterocycles. The van der Waals surface area contributed by atoms with Crippen molar-refractivity contribution >= 4 is 34.9 Å². The van der Waals surface area contributed by atoms with E-state index in [1.165, 1.54) is 7.11 Å². The number of benzene rings is 2. The Balaban J connectivity index is 1.66. The predicted octanol–water partition coefficient (Wildman–Crippen LogP) is 1.90. The highest BCUT2D eigenvalue weighted by Crippen LogP contribution is 2.41. The summed E-state index contributed by atoms with van der Waals surface area (Å²) in [5.41, 5.74) is 4.09. The van der Waals surface area contributed by atoms with Crippen molar-refractivity contribution in [2.24, 2.45) is 5.10 Å². The van der Waals surface area contributed by atoms with E-state index >= 15 is 0 Å². The SMILES string of the molecule is COC(=O)Nc1ccc(C(=O)C2=NNCC23C(=O)Nc2ccccc23)cc1. The van der Waals surface area contributed by atoms with Crippen molar-refractivity contribution in [3.63, 3.8) is 0 Å². The number of nitrogens with zero attached hydrogens (tertiary/aromatic N) is 1. The van der Waals surface area contributed by atoms with Gasteiger partial charge < -0.3 is 15.5 Å². The summed E-state index contributed by atoms with van der Waals surface area (Å²) in [4.78, 5) is 37.1. The highest BCUT2D eigenvalue weighted by atomic mass is 16.5. The number of anilines is 2. The molecule has 2 amide bonds. The monoisotopic (exact) mass is 364 g/mol. The summed E-state index contributed by atoms with van der Waals surface area (Å²) in [5, 5.41) is 9.49. The second-order valence-corrected chi connectivity index (χ2v) is 6.22. The van der Waals surface area contributed by atoms with Gasteiger partial charge in [-0.2, -0.15) is 5.10 Å². The molecular weight excluding hydrogens is 348 g/mol. The first-order chi connectivity index (χ1) is 13.1. The van der Waals surface area contributed by atoms with Crippen LogP contribution >= 0.6 is 0 Å². The van der Waals surface area contributed by atoms with Crippen molar-refractivity contribution in [1.29, 1.82) is 0 Å². The average molecular weight is 364 g/mol. The summed E-state index contributed by atoms with van der Waals surface area (Å²) in [6.45, 7) is 0.221. The third-order valence-electron chi connectivity index (χ3n) is 4.76. The topological polar surface area (TPSA) is 109 Å². The zero-order valence-corrected chi connectivity index (χ0v) is 14.4. The molecule has 2 heterocycles. The van der Waals surface area contributed by atoms with E-state index in [1.807, 2.05) is 18.2 Å². The van der Waals surface area contributed by atoms with Crippen molar-refractivity contribution in [2.75, 3.05) is 24.3 Å². The second kappa shape index (κ2) is 6.24. The predicted molar refractivity (Wildman–Crippen MR) is 99.0 cm³/mol. The van der Waals surface area contributed by atoms with E-state index in [2.05, 4.69) is 25.9 Å². The molecule has 2 aliphatic rings. The molecule has 3 N–H and O–H groups in total. The molecule has 2 aromatic rings. The van der Waals surface area contributed by atoms with Gasteiger partial charge in [0, 0.05) is 16.9 Å². The quantitative estimate of drug-likeness (QED) is 0.721. The molecule has 0 aliphatic carbocycles. The number of fused-ring (bicyclic) bond motifs is 2. The van der Waals surface area contributed by atoms with E-state index in [9.17, 15) is 14.4 Å². The Labute approximate surface area is 154 Å². The lowest BCUT2D eigenvalue weighted by atomic mass is 9.75. The maximum atomic E-state index is 13.1. The summed E-state index contributed by atoms with van der Waals surface area (Å²) in [5.74, 6) is -0.624. The second-order valence-electron chi connectivity index (χ2n) is 6.22. The van der Waals surface area contributed by atoms with E-state index in [1.54, 1.807) is 30.3 Å². The molecular formula is C19H16N4O4. The number of hydrogen-bond acceptors (Lipinski definition) is 6. The number of Topliss-reactive ketones (excluding diaryl/α,β-unsaturated/α-hetero) is 1. The van der Waals surface area contributed by atoms with Crippen LogP contribution in [0.1, 0.15) is 15.9 Å². The van der Waals surface area contributed by atoms with Gasteiger partial charge in [-0.25, -0.2) is 4.79 Å². The Morgan fingerprint density at radius 3 is 2.63 bits per heavy atom. The van der Waals surface area contributed by atoms with Crippen LogP contribution in [0, 0.1) is 0 Å². The van der Waals surface area contributed by atoms with Crippen molar-refractivity contribution in [3.05, 3.63) is 59.7 Å². The van der Waals surface area contributed by atoms with Crippen LogP contribution in [0.3, 0.4) is 0 Å². The van der Waals surface area contributed by atoms with Crippen molar-refractivity contribution in [2.45, 2.75) is 5.41 Å². The number of carbonyl (C=O) groups is 3. The molecule has 27 heavy (non-hydrogen) atoms. The first kappa shape index (κ1) is 16.8. The number of methoxy groups -OCH3 is 1. The molecule has 8 heteroatoms. The zero-order chi connectivity index (χ0) is 19.0. The summed E-state index contributed by atoms with van der Waals surface area (Å²) < 4.78 is 4.53. The number of rotatable bonds is 3. The minimum atomic E-state index is -1.14. The largest absolute Gasteiger partial charge is 0.453 e. The first-order valence-electron chi connectivity index (χ1n) is 8.28. The Morgan fingerprint density at radius 2 is 1.89 bits per heavy atom. The standard InChI is InChI=1S/C19H16N4O4/c1-27-18(26)21-12-8-6-11(7-9-12)15(24)16-19(10-20-23-16)13-4-2-3-5-14(13)22-17(19)25/h2-9,20H,10H2,1H3,(H,21,26)(H,22,25). The van der Waals surface area contributed by atoms with Crippen molar-refractivity contribution in [1.82, 2.24) is 5.43 Å². The Morgan fingerprint density at radius 1 is 1.15 bits per heavy atom. The number of nitrogens with one attached hydrogen (secondary N) is 3. The Hall–Kier alpha value is -3.68. The molecule has 8 nitrogen and oxygen atoms in total. The average Bonchev–Trinajstić information content (AvgIpc) is 3.25. The molecule has 2 aliphatic heterocycles. The van der Waals surface area contributed by atoms with Gasteiger partial charge in [0.05, 0.1) is 13.7 Å². The third kappa shape index (κ3) is 2.53. The Kier molecular flexibility index (Phi) is 3.88. The molecule has 0 bridgehead atoms. The van der Waals surface area contributed by atoms with Crippen molar-refractivity contribution < 1.29 is 19.1 Å². The van der Waals surface area contributed by atoms with E-state index in [-0.39, 0.29) is 23.9 Å². The van der Waals surface area contributed by atoms with Gasteiger partial charge >= 0.3 is 6.09 Å². The molecule has 0 radical (unpaired) electrons. The summed E-state index contributed by atoms with van der Waals surface area (Å²) >= 11 is 0. The summed E-state index contributed by atoms with van der Waals surface area (Å²) in [6.07, 6.45) is -0.600. The van der Waals surface area contributed by atoms with Gasteiger partial charge in [0.1, 0.15) is 11.1 Å². The van der Waals surface area contributed by atoms with Crippen LogP contribution in [0.5, 0.6) is 0 Å². The Bertz CT molecular complexity index is 983. The van der Waals surface area contributed by atoms with E-state index in [0.29, 0.717) is 16.9 Å². The highest BCUT2D eigenvalue weighted by molar-refractivity contribution is 6.54. The van der Waals surface area contributed by atoms with Crippen LogP contribution in [0.25, 0.3) is 0 Å². The normalized spacial score (nSPS) is 19.7. The van der Waals surface area contributed by atoms with E-state index in [0.717, 1.165) is 5.56 Å². The smallest absolute Gasteiger partial charge is 0.411 e. The number of carbonyl (C=O) groups excluding carboxylic acids is 3. The maximum absolute atomic E-state index is 13.1. The molecule has 1 atom stereocenters. The van der Waals surface area contributed by atoms with Gasteiger partial charge in [-0.05, 0) is 35.9 Å². The molecule has 0 saturated carbocycles. The zero-order valence-electron chi connectivity index (χ0n) is 14.4. The van der Waals surface area contributed by atoms with E-state index in [4.69, 9.17) is 0 Å². The van der Waals surface area contributed by atoms with Crippen LogP contribution in [-0.4, -0.2) is 37.1 Å². The fourth-order valence-electron chi connectivity index (χ4n) is 3.40. The maximum Gasteiger partial charge on any atom is 0.411 e. The minimum Gasteiger partial charge on any atom is -0.453 e. The van der Waals surface area contributed by atoms with Crippen LogP contribution in [-0.2, 0) is 14.9 Å². The lowest BCUT2D eigenvalue weighted by molar-refractivity contribution is -0.118. The van der Waals surface area contributed by atoms with Crippen LogP contribution < -0.4 is 16.1 Å². The van der Waals surface area contributed by atoms with Gasteiger partial charge in [0.2, 0.25) is 11.7 Å². The number of ether oxygens (including phenoxy) is 1. The van der Waals surface area contributed by atoms with Crippen LogP contribution in [0.4, 0.5) is 16.2 Å². The molecule has 0 saturated heterocycles. The number of hydrogen-bond donors (Lipinski definition) is 3. The number of ketones is 1. The molecule has 136 valence electrons. The first-order valence-corrected chi connectivity index (χ1v) is 8.28. The van der Waals surface area contributed by atoms with Gasteiger partial charge in [0.15, 0.2) is 0 Å². The van der Waals surface area contributed by atoms with Crippen LogP contribution in [0.2, 0.25) is 0 Å². The van der Waals surface area contributed by atoms with Gasteiger partial charge in [-0.1, -0.05) is 18.2 Å². The number of hydrazone groups is 1. The third-order valence-corrected chi connectivity index (χ3v) is 4.76. The molecule has 0 fully saturated rings. The lowest BCUT2D eigenvalue weighted by Gasteiger charge is -2.21. The van der Waals surface area contributed by atoms with Crippen LogP contribution in [0.15, 0.2) is 53.6 Å². The lowest BCUT2D eigenvalue weighted by Crippen LogP contribution is -2.47. The molecule has 1 unspecified atom stereocenters. The number of para-hydroxylation sites is 1. The van der Waals surface area contributed by atoms with Gasteiger partial charge in [-0.15, -0.1) is 0 Å². The molecule has 4 rings (SSSR count). The van der Waals surface area contributed by atoms with Crippen molar-refractivity contribution in [3.8, 4) is 0 Å². The number of amides is 2. The van der Waals surface area contributed by atoms with Gasteiger partial charge in [-0.3, -0.25) is 14.9 Å². The van der Waals surface area contributed by atoms with E-state index < -0.39 is 11.5 Å². The fraction of sp³-hybridized carbons (Fsp3) is 0.158.